The molecule has 2 fully saturated rings. The van der Waals surface area contributed by atoms with Gasteiger partial charge in [-0.05, 0) is 42.7 Å². The summed E-state index contributed by atoms with van der Waals surface area (Å²) in [6.45, 7) is 3.17. The van der Waals surface area contributed by atoms with Crippen molar-refractivity contribution in [2.75, 3.05) is 19.6 Å². The lowest BCUT2D eigenvalue weighted by atomic mass is 9.73. The Balaban J connectivity index is 1.36. The molecule has 1 N–H and O–H groups in total. The van der Waals surface area contributed by atoms with Gasteiger partial charge in [-0.1, -0.05) is 24.2 Å². The molecule has 9 nitrogen and oxygen atoms in total. The van der Waals surface area contributed by atoms with Crippen LogP contribution in [-0.2, 0) is 23.2 Å². The van der Waals surface area contributed by atoms with E-state index in [1.807, 2.05) is 30.5 Å². The van der Waals surface area contributed by atoms with Gasteiger partial charge in [0.2, 0.25) is 0 Å². The molecule has 182 valence electrons. The Morgan fingerprint density at radius 1 is 1.26 bits per heavy atom. The smallest absolute Gasteiger partial charge is 0.325 e. The zero-order valence-electron chi connectivity index (χ0n) is 19.5. The summed E-state index contributed by atoms with van der Waals surface area (Å²) in [5.41, 5.74) is -0.225. The van der Waals surface area contributed by atoms with E-state index in [0.717, 1.165) is 4.88 Å². The average molecular weight is 494 g/mol. The van der Waals surface area contributed by atoms with E-state index in [1.54, 1.807) is 40.8 Å². The summed E-state index contributed by atoms with van der Waals surface area (Å²) in [7, 11) is 0. The maximum absolute atomic E-state index is 13.9. The Labute approximate surface area is 207 Å². The van der Waals surface area contributed by atoms with Gasteiger partial charge in [-0.3, -0.25) is 19.5 Å². The molecule has 4 amide bonds. The largest absolute Gasteiger partial charge is 0.361 e. The highest BCUT2D eigenvalue weighted by atomic mass is 32.1. The Bertz CT molecular complexity index is 1200. The monoisotopic (exact) mass is 493 g/mol. The number of nitrogens with zero attached hydrogens (tertiary/aromatic N) is 4. The zero-order valence-corrected chi connectivity index (χ0v) is 20.3. The number of likely N-dealkylation sites (tertiary alicyclic amines) is 1. The number of rotatable bonds is 7. The number of piperidine rings is 1. The molecule has 5 rings (SSSR count). The first-order chi connectivity index (χ1) is 17.0. The predicted molar refractivity (Wildman–Crippen MR) is 129 cm³/mol. The van der Waals surface area contributed by atoms with Crippen LogP contribution in [0, 0.1) is 5.92 Å². The number of pyridine rings is 1. The molecule has 0 radical (unpaired) electrons. The molecule has 2 saturated heterocycles. The van der Waals surface area contributed by atoms with E-state index >= 15 is 0 Å². The van der Waals surface area contributed by atoms with Gasteiger partial charge in [-0.2, -0.15) is 0 Å². The van der Waals surface area contributed by atoms with Crippen molar-refractivity contribution in [3.05, 3.63) is 70.0 Å². The van der Waals surface area contributed by atoms with Gasteiger partial charge in [0.1, 0.15) is 5.76 Å². The Hall–Kier alpha value is -3.53. The third kappa shape index (κ3) is 4.22. The van der Waals surface area contributed by atoms with Crippen LogP contribution in [0.3, 0.4) is 0 Å². The molecule has 0 spiro atoms. The summed E-state index contributed by atoms with van der Waals surface area (Å²) in [6, 6.07) is 8.87. The normalized spacial score (nSPS) is 20.9. The van der Waals surface area contributed by atoms with Gasteiger partial charge in [-0.15, -0.1) is 11.3 Å². The van der Waals surface area contributed by atoms with Crippen LogP contribution in [0.2, 0.25) is 0 Å². The van der Waals surface area contributed by atoms with Crippen LogP contribution in [0.5, 0.6) is 0 Å². The number of thiophene rings is 1. The van der Waals surface area contributed by atoms with E-state index in [1.165, 1.54) is 4.90 Å². The number of nitrogens with one attached hydrogen (secondary N) is 1. The molecule has 3 aromatic rings. The van der Waals surface area contributed by atoms with Crippen molar-refractivity contribution in [2.45, 2.75) is 38.1 Å². The van der Waals surface area contributed by atoms with Gasteiger partial charge in [0.15, 0.2) is 11.2 Å². The molecule has 10 heteroatoms. The fourth-order valence-electron chi connectivity index (χ4n) is 5.04. The standard InChI is InChI=1S/C25H27N5O4S/c1-2-19-15-21(28-34-19)22(31)29-11-7-17(8-12-29)25(18-5-3-10-26-16-18)23(32)30(24(33)27-25)13-9-20-6-4-14-35-20/h3-6,10,14-17H,2,7-9,11-13H2,1H3,(H,27,33). The van der Waals surface area contributed by atoms with Crippen molar-refractivity contribution in [3.63, 3.8) is 0 Å². The molecule has 2 aliphatic heterocycles. The Kier molecular flexibility index (Phi) is 6.38. The number of aryl methyl sites for hydroxylation is 1. The number of aromatic nitrogens is 2. The molecule has 1 unspecified atom stereocenters. The molecule has 5 heterocycles. The first-order valence-corrected chi connectivity index (χ1v) is 12.7. The van der Waals surface area contributed by atoms with Crippen LogP contribution in [0.1, 0.15) is 46.5 Å². The third-order valence-electron chi connectivity index (χ3n) is 6.93. The average Bonchev–Trinajstić information content (AvgIpc) is 3.64. The summed E-state index contributed by atoms with van der Waals surface area (Å²) >= 11 is 1.61. The van der Waals surface area contributed by atoms with Gasteiger partial charge in [0, 0.05) is 55.0 Å². The van der Waals surface area contributed by atoms with E-state index in [0.29, 0.717) is 62.3 Å². The van der Waals surface area contributed by atoms with Crippen molar-refractivity contribution >= 4 is 29.2 Å². The minimum absolute atomic E-state index is 0.178. The maximum atomic E-state index is 13.9. The van der Waals surface area contributed by atoms with Crippen molar-refractivity contribution in [2.24, 2.45) is 5.92 Å². The summed E-state index contributed by atoms with van der Waals surface area (Å²) in [5, 5.41) is 8.93. The topological polar surface area (TPSA) is 109 Å². The second kappa shape index (κ2) is 9.61. The number of amides is 4. The summed E-state index contributed by atoms with van der Waals surface area (Å²) in [6.07, 6.45) is 5.70. The van der Waals surface area contributed by atoms with Gasteiger partial charge in [0.25, 0.3) is 11.8 Å². The number of carbonyl (C=O) groups excluding carboxylic acids is 3. The molecule has 2 aliphatic rings. The zero-order chi connectivity index (χ0) is 24.4. The first kappa shape index (κ1) is 23.2. The fourth-order valence-corrected chi connectivity index (χ4v) is 5.73. The van der Waals surface area contributed by atoms with Gasteiger partial charge < -0.3 is 14.7 Å². The van der Waals surface area contributed by atoms with Crippen molar-refractivity contribution in [3.8, 4) is 0 Å². The molecule has 3 aromatic heterocycles. The SMILES string of the molecule is CCc1cc(C(=O)N2CCC(C3(c4cccnc4)NC(=O)N(CCc4cccs4)C3=O)CC2)no1. The lowest BCUT2D eigenvalue weighted by Crippen LogP contribution is -2.54. The minimum Gasteiger partial charge on any atom is -0.361 e. The van der Waals surface area contributed by atoms with Crippen molar-refractivity contribution in [1.82, 2.24) is 25.3 Å². The van der Waals surface area contributed by atoms with Crippen molar-refractivity contribution in [1.29, 1.82) is 0 Å². The second-order valence-electron chi connectivity index (χ2n) is 8.86. The molecule has 0 aromatic carbocycles. The summed E-state index contributed by atoms with van der Waals surface area (Å²) in [5.74, 6) is 0.0609. The Morgan fingerprint density at radius 2 is 2.09 bits per heavy atom. The fraction of sp³-hybridized carbons (Fsp3) is 0.400. The van der Waals surface area contributed by atoms with Crippen LogP contribution in [0.4, 0.5) is 4.79 Å². The molecule has 35 heavy (non-hydrogen) atoms. The van der Waals surface area contributed by atoms with E-state index in [4.69, 9.17) is 4.52 Å². The number of urea groups is 1. The highest BCUT2D eigenvalue weighted by Crippen LogP contribution is 2.41. The van der Waals surface area contributed by atoms with Crippen LogP contribution < -0.4 is 5.32 Å². The molecule has 0 bridgehead atoms. The van der Waals surface area contributed by atoms with Gasteiger partial charge in [0.05, 0.1) is 0 Å². The lowest BCUT2D eigenvalue weighted by Gasteiger charge is -2.40. The molecular weight excluding hydrogens is 466 g/mol. The predicted octanol–water partition coefficient (Wildman–Crippen LogP) is 3.24. The van der Waals surface area contributed by atoms with E-state index in [-0.39, 0.29) is 23.8 Å². The molecular formula is C25H27N5O4S. The highest BCUT2D eigenvalue weighted by Gasteiger charge is 2.57. The number of hydrogen-bond donors (Lipinski definition) is 1. The highest BCUT2D eigenvalue weighted by molar-refractivity contribution is 7.09. The molecule has 0 aliphatic carbocycles. The number of imide groups is 1. The third-order valence-corrected chi connectivity index (χ3v) is 7.87. The van der Waals surface area contributed by atoms with Crippen LogP contribution in [0.15, 0.2) is 52.6 Å². The quantitative estimate of drug-likeness (QED) is 0.506. The van der Waals surface area contributed by atoms with Crippen molar-refractivity contribution < 1.29 is 18.9 Å². The van der Waals surface area contributed by atoms with Crippen LogP contribution in [0.25, 0.3) is 0 Å². The summed E-state index contributed by atoms with van der Waals surface area (Å²) in [4.78, 5) is 48.3. The first-order valence-electron chi connectivity index (χ1n) is 11.8. The van der Waals surface area contributed by atoms with E-state index < -0.39 is 5.54 Å². The lowest BCUT2D eigenvalue weighted by molar-refractivity contribution is -0.134. The molecule has 1 atom stereocenters. The van der Waals surface area contributed by atoms with Gasteiger partial charge in [-0.25, -0.2) is 4.79 Å². The second-order valence-corrected chi connectivity index (χ2v) is 9.90. The van der Waals surface area contributed by atoms with Crippen LogP contribution >= 0.6 is 11.3 Å². The summed E-state index contributed by atoms with van der Waals surface area (Å²) < 4.78 is 5.19. The van der Waals surface area contributed by atoms with Gasteiger partial charge >= 0.3 is 6.03 Å². The van der Waals surface area contributed by atoms with E-state index in [2.05, 4.69) is 15.5 Å². The van der Waals surface area contributed by atoms with E-state index in [9.17, 15) is 14.4 Å². The minimum atomic E-state index is -1.20. The Morgan fingerprint density at radius 3 is 2.74 bits per heavy atom. The number of carbonyl (C=O) groups is 3. The molecule has 0 saturated carbocycles. The number of hydrogen-bond acceptors (Lipinski definition) is 7. The maximum Gasteiger partial charge on any atom is 0.325 e. The van der Waals surface area contributed by atoms with Crippen LogP contribution in [-0.4, -0.2) is 57.4 Å².